The number of benzene rings is 2. The third kappa shape index (κ3) is 6.56. The summed E-state index contributed by atoms with van der Waals surface area (Å²) in [4.78, 5) is 17.7. The highest BCUT2D eigenvalue weighted by molar-refractivity contribution is 7.96. The highest BCUT2D eigenvalue weighted by Gasteiger charge is 2.37. The monoisotopic (exact) mass is 568 g/mol. The third-order valence-electron chi connectivity index (χ3n) is 5.91. The minimum absolute atomic E-state index is 0.0356. The Morgan fingerprint density at radius 3 is 2.18 bits per heavy atom. The van der Waals surface area contributed by atoms with Gasteiger partial charge in [-0.05, 0) is 41.1 Å². The van der Waals surface area contributed by atoms with Gasteiger partial charge in [-0.15, -0.1) is 0 Å². The Balaban J connectivity index is 1.54. The highest BCUT2D eigenvalue weighted by Crippen LogP contribution is 2.36. The van der Waals surface area contributed by atoms with Crippen LogP contribution >= 0.6 is 0 Å². The van der Waals surface area contributed by atoms with E-state index in [-0.39, 0.29) is 46.5 Å². The van der Waals surface area contributed by atoms with Gasteiger partial charge < -0.3 is 9.84 Å². The lowest BCUT2D eigenvalue weighted by atomic mass is 10.1. The number of hydrogen-bond donors (Lipinski definition) is 0. The minimum atomic E-state index is -4.96. The van der Waals surface area contributed by atoms with Crippen molar-refractivity contribution in [3.63, 3.8) is 0 Å². The van der Waals surface area contributed by atoms with Gasteiger partial charge in [0.15, 0.2) is 0 Å². The molecule has 0 spiro atoms. The summed E-state index contributed by atoms with van der Waals surface area (Å²) in [5.74, 6) is -0.307. The molecule has 2 aromatic carbocycles. The van der Waals surface area contributed by atoms with E-state index in [1.54, 1.807) is 18.4 Å². The number of hydrogen-bond acceptors (Lipinski definition) is 4. The van der Waals surface area contributed by atoms with E-state index in [9.17, 15) is 36.2 Å². The maximum absolute atomic E-state index is 13.4. The number of fused-ring (bicyclic) bond motifs is 1. The van der Waals surface area contributed by atoms with Crippen molar-refractivity contribution in [2.45, 2.75) is 30.4 Å². The molecule has 206 valence electrons. The fourth-order valence-electron chi connectivity index (χ4n) is 4.03. The second-order valence-electron chi connectivity index (χ2n) is 8.72. The topological polar surface area (TPSA) is 67.2 Å². The molecule has 4 rings (SSSR count). The lowest BCUT2D eigenvalue weighted by molar-refractivity contribution is -0.270. The maximum atomic E-state index is 13.4. The molecule has 0 N–H and O–H groups in total. The first-order valence-corrected chi connectivity index (χ1v) is 13.4. The molecular formula is C27H22F6N2O3S. The summed E-state index contributed by atoms with van der Waals surface area (Å²) in [5, 5.41) is 13.5. The van der Waals surface area contributed by atoms with Crippen molar-refractivity contribution in [3.8, 4) is 5.75 Å². The summed E-state index contributed by atoms with van der Waals surface area (Å²) < 4.78 is 85.4. The molecule has 0 aliphatic heterocycles. The zero-order chi connectivity index (χ0) is 28.4. The van der Waals surface area contributed by atoms with Crippen LogP contribution in [0.15, 0.2) is 76.6 Å². The number of ether oxygens (including phenoxy) is 1. The molecule has 0 fully saturated rings. The van der Waals surface area contributed by atoms with Crippen LogP contribution in [0.2, 0.25) is 0 Å². The molecule has 0 saturated heterocycles. The van der Waals surface area contributed by atoms with Crippen LogP contribution in [0, 0.1) is 0 Å². The van der Waals surface area contributed by atoms with Crippen molar-refractivity contribution in [1.82, 2.24) is 9.55 Å². The first-order chi connectivity index (χ1) is 18.4. The van der Waals surface area contributed by atoms with Gasteiger partial charge in [0.05, 0.1) is 30.9 Å². The Morgan fingerprint density at radius 2 is 1.56 bits per heavy atom. The van der Waals surface area contributed by atoms with Gasteiger partial charge in [0.2, 0.25) is 4.90 Å². The van der Waals surface area contributed by atoms with Gasteiger partial charge in [0.25, 0.3) is 0 Å². The molecule has 0 radical (unpaired) electrons. The van der Waals surface area contributed by atoms with E-state index in [1.165, 1.54) is 10.8 Å². The molecule has 0 bridgehead atoms. The molecule has 0 saturated carbocycles. The van der Waals surface area contributed by atoms with Crippen molar-refractivity contribution in [2.24, 2.45) is 0 Å². The molecule has 1 unspecified atom stereocenters. The number of halogens is 6. The molecular weight excluding hydrogens is 546 g/mol. The Bertz CT molecular complexity index is 1490. The van der Waals surface area contributed by atoms with E-state index >= 15 is 0 Å². The molecule has 39 heavy (non-hydrogen) atoms. The van der Waals surface area contributed by atoms with Crippen LogP contribution in [-0.2, 0) is 41.1 Å². The summed E-state index contributed by atoms with van der Waals surface area (Å²) in [6.07, 6.45) is -6.76. The fraction of sp³-hybridized carbons (Fsp3) is 0.259. The van der Waals surface area contributed by atoms with E-state index in [0.29, 0.717) is 12.1 Å². The zero-order valence-electron chi connectivity index (χ0n) is 20.5. The van der Waals surface area contributed by atoms with Crippen molar-refractivity contribution < 1.29 is 36.2 Å². The smallest absolute Gasteiger partial charge is 0.416 e. The quantitative estimate of drug-likeness (QED) is 0.163. The molecule has 4 aromatic rings. The van der Waals surface area contributed by atoms with Crippen LogP contribution in [0.5, 0.6) is 5.75 Å². The van der Waals surface area contributed by atoms with Crippen LogP contribution in [0.1, 0.15) is 22.3 Å². The largest absolute Gasteiger partial charge is 0.868 e. The lowest BCUT2D eigenvalue weighted by Gasteiger charge is -2.18. The van der Waals surface area contributed by atoms with E-state index in [4.69, 9.17) is 4.74 Å². The molecule has 2 heterocycles. The summed E-state index contributed by atoms with van der Waals surface area (Å²) in [7, 11) is -0.934. The first kappa shape index (κ1) is 28.5. The Hall–Kier alpha value is -3.51. The Kier molecular flexibility index (Phi) is 8.26. The van der Waals surface area contributed by atoms with Gasteiger partial charge in [0, 0.05) is 22.5 Å². The summed E-state index contributed by atoms with van der Waals surface area (Å²) in [5.41, 5.74) is -2.57. The molecule has 12 heteroatoms. The number of rotatable bonds is 8. The van der Waals surface area contributed by atoms with Crippen molar-refractivity contribution in [1.29, 1.82) is 0 Å². The van der Waals surface area contributed by atoms with E-state index in [2.05, 4.69) is 4.98 Å². The van der Waals surface area contributed by atoms with Crippen LogP contribution in [0.3, 0.4) is 0 Å². The predicted molar refractivity (Wildman–Crippen MR) is 134 cm³/mol. The second kappa shape index (κ2) is 11.3. The fourth-order valence-corrected chi connectivity index (χ4v) is 5.43. The average Bonchev–Trinajstić information content (AvgIpc) is 2.88. The molecule has 0 aliphatic carbocycles. The van der Waals surface area contributed by atoms with Gasteiger partial charge in [-0.25, -0.2) is 4.98 Å². The standard InChI is InChI=1S/C27H22F6N2O3S/c1-39(11-10-38-16-18-12-19(26(28,29)30)14-20(13-18)27(31,32)33)23-22(36)21-8-5-9-34-24(21)35(25(23)37)15-17-6-3-2-4-7-17/h2-9,12-14H,10-11,15-16H2,1H3. The van der Waals surface area contributed by atoms with E-state index in [1.807, 2.05) is 30.3 Å². The number of pyridine rings is 2. The minimum Gasteiger partial charge on any atom is -0.868 e. The molecule has 5 nitrogen and oxygen atoms in total. The molecule has 2 aromatic heterocycles. The van der Waals surface area contributed by atoms with Gasteiger partial charge >= 0.3 is 17.9 Å². The molecule has 1 atom stereocenters. The second-order valence-corrected chi connectivity index (χ2v) is 10.8. The first-order valence-electron chi connectivity index (χ1n) is 11.6. The van der Waals surface area contributed by atoms with Crippen LogP contribution in [-0.4, -0.2) is 28.2 Å². The maximum Gasteiger partial charge on any atom is 0.416 e. The summed E-state index contributed by atoms with van der Waals surface area (Å²) in [6.45, 7) is -0.417. The molecule has 0 aliphatic rings. The van der Waals surface area contributed by atoms with Crippen LogP contribution in [0.25, 0.3) is 11.0 Å². The van der Waals surface area contributed by atoms with Crippen molar-refractivity contribution >= 4 is 21.9 Å². The predicted octanol–water partition coefficient (Wildman–Crippen LogP) is 5.38. The number of aromatic nitrogens is 2. The van der Waals surface area contributed by atoms with Gasteiger partial charge in [-0.1, -0.05) is 36.4 Å². The van der Waals surface area contributed by atoms with Gasteiger partial charge in [-0.3, -0.25) is 9.36 Å². The van der Waals surface area contributed by atoms with Crippen LogP contribution in [0.4, 0.5) is 26.3 Å². The summed E-state index contributed by atoms with van der Waals surface area (Å²) >= 11 is 0. The normalized spacial score (nSPS) is 13.1. The number of nitrogens with zero attached hydrogens (tertiary/aromatic N) is 2. The zero-order valence-corrected chi connectivity index (χ0v) is 21.3. The van der Waals surface area contributed by atoms with Crippen molar-refractivity contribution in [3.05, 3.63) is 99.5 Å². The lowest BCUT2D eigenvalue weighted by Crippen LogP contribution is -2.30. The van der Waals surface area contributed by atoms with Gasteiger partial charge in [-0.2, -0.15) is 26.3 Å². The third-order valence-corrected chi connectivity index (χ3v) is 7.75. The SMILES string of the molecule is C[S+](CCOCc1cc(C(F)(F)F)cc(C(F)(F)F)c1)c1c([O-])c2cccnc2n(Cc2ccccc2)c1=O. The highest BCUT2D eigenvalue weighted by atomic mass is 32.2. The number of alkyl halides is 6. The van der Waals surface area contributed by atoms with E-state index < -0.39 is 52.3 Å². The molecule has 0 amide bonds. The average molecular weight is 569 g/mol. The van der Waals surface area contributed by atoms with E-state index in [0.717, 1.165) is 5.56 Å². The Morgan fingerprint density at radius 1 is 0.923 bits per heavy atom. The Labute approximate surface area is 222 Å². The summed E-state index contributed by atoms with van der Waals surface area (Å²) in [6, 6.07) is 13.6. The van der Waals surface area contributed by atoms with Crippen molar-refractivity contribution in [2.75, 3.05) is 18.6 Å². The van der Waals surface area contributed by atoms with Crippen LogP contribution < -0.4 is 10.7 Å². The van der Waals surface area contributed by atoms with Gasteiger partial charge in [0.1, 0.15) is 17.7 Å².